The van der Waals surface area contributed by atoms with Gasteiger partial charge < -0.3 is 5.73 Å². The quantitative estimate of drug-likeness (QED) is 0.797. The van der Waals surface area contributed by atoms with E-state index in [1.807, 2.05) is 11.3 Å². The molecule has 0 aliphatic carbocycles. The number of unbranched alkanes of at least 4 members (excludes halogenated alkanes) is 1. The van der Waals surface area contributed by atoms with E-state index in [4.69, 9.17) is 5.73 Å². The molecule has 0 aromatic carbocycles. The van der Waals surface area contributed by atoms with Crippen LogP contribution < -0.4 is 5.73 Å². The van der Waals surface area contributed by atoms with E-state index in [1.165, 1.54) is 35.1 Å². The molecule has 90 valence electrons. The summed E-state index contributed by atoms with van der Waals surface area (Å²) in [5.41, 5.74) is 6.87. The summed E-state index contributed by atoms with van der Waals surface area (Å²) in [6, 6.07) is 0. The molecule has 0 atom stereocenters. The van der Waals surface area contributed by atoms with Gasteiger partial charge in [0.05, 0.1) is 10.7 Å². The fourth-order valence-corrected chi connectivity index (χ4v) is 3.22. The van der Waals surface area contributed by atoms with E-state index in [0.29, 0.717) is 0 Å². The van der Waals surface area contributed by atoms with Crippen molar-refractivity contribution in [3.05, 3.63) is 15.6 Å². The first-order chi connectivity index (χ1) is 7.83. The lowest BCUT2D eigenvalue weighted by atomic mass is 10.1. The number of aryl methyl sites for hydroxylation is 1. The van der Waals surface area contributed by atoms with Gasteiger partial charge in [0, 0.05) is 24.4 Å². The first-order valence-electron chi connectivity index (χ1n) is 6.23. The van der Waals surface area contributed by atoms with E-state index >= 15 is 0 Å². The summed E-state index contributed by atoms with van der Waals surface area (Å²) in [6.45, 7) is 6.47. The highest BCUT2D eigenvalue weighted by molar-refractivity contribution is 7.11. The Hall–Kier alpha value is -0.450. The Morgan fingerprint density at radius 3 is 3.06 bits per heavy atom. The largest absolute Gasteiger partial charge is 0.330 e. The minimum Gasteiger partial charge on any atom is -0.330 e. The van der Waals surface area contributed by atoms with Gasteiger partial charge in [0.15, 0.2) is 0 Å². The van der Waals surface area contributed by atoms with Crippen LogP contribution in [0.15, 0.2) is 0 Å². The fraction of sp³-hybridized carbons (Fsp3) is 0.750. The minimum absolute atomic E-state index is 0.819. The second kappa shape index (κ2) is 5.75. The van der Waals surface area contributed by atoms with Gasteiger partial charge in [-0.1, -0.05) is 6.92 Å². The minimum atomic E-state index is 0.819. The average molecular weight is 239 g/mol. The van der Waals surface area contributed by atoms with Crippen molar-refractivity contribution in [2.24, 2.45) is 5.73 Å². The van der Waals surface area contributed by atoms with Gasteiger partial charge >= 0.3 is 0 Å². The molecule has 3 nitrogen and oxygen atoms in total. The third-order valence-corrected chi connectivity index (χ3v) is 4.31. The molecule has 0 radical (unpaired) electrons. The normalized spacial score (nSPS) is 16.4. The van der Waals surface area contributed by atoms with Crippen molar-refractivity contribution < 1.29 is 0 Å². The van der Waals surface area contributed by atoms with Crippen molar-refractivity contribution in [1.29, 1.82) is 0 Å². The summed E-state index contributed by atoms with van der Waals surface area (Å²) in [6.07, 6.45) is 4.58. The summed E-state index contributed by atoms with van der Waals surface area (Å²) < 4.78 is 0. The second-order valence-corrected chi connectivity index (χ2v) is 5.52. The molecule has 0 fully saturated rings. The molecule has 0 saturated heterocycles. The number of rotatable bonds is 5. The van der Waals surface area contributed by atoms with Crippen LogP contribution in [0.2, 0.25) is 0 Å². The molecular formula is C12H21N3S. The Morgan fingerprint density at radius 2 is 2.31 bits per heavy atom. The number of thiazole rings is 1. The molecule has 0 amide bonds. The molecule has 2 rings (SSSR count). The topological polar surface area (TPSA) is 42.2 Å². The third kappa shape index (κ3) is 2.81. The Balaban J connectivity index is 1.90. The maximum atomic E-state index is 5.52. The Bertz CT molecular complexity index is 335. The average Bonchev–Trinajstić information content (AvgIpc) is 2.71. The van der Waals surface area contributed by atoms with Crippen LogP contribution in [0.5, 0.6) is 0 Å². The maximum Gasteiger partial charge on any atom is 0.0928 e. The van der Waals surface area contributed by atoms with Crippen LogP contribution in [-0.2, 0) is 19.4 Å². The van der Waals surface area contributed by atoms with E-state index in [-0.39, 0.29) is 0 Å². The monoisotopic (exact) mass is 239 g/mol. The molecular weight excluding hydrogens is 218 g/mol. The van der Waals surface area contributed by atoms with Crippen LogP contribution in [0, 0.1) is 0 Å². The maximum absolute atomic E-state index is 5.52. The zero-order valence-corrected chi connectivity index (χ0v) is 10.9. The van der Waals surface area contributed by atoms with Gasteiger partial charge in [-0.3, -0.25) is 4.90 Å². The van der Waals surface area contributed by atoms with E-state index in [0.717, 1.165) is 32.4 Å². The third-order valence-electron chi connectivity index (χ3n) is 3.09. The predicted octanol–water partition coefficient (Wildman–Crippen LogP) is 1.80. The molecule has 2 heterocycles. The predicted molar refractivity (Wildman–Crippen MR) is 68.8 cm³/mol. The van der Waals surface area contributed by atoms with Gasteiger partial charge in [-0.2, -0.15) is 0 Å². The standard InChI is InChI=1S/C12H21N3S/c1-2-12-14-10-5-8-15(7-4-3-6-13)9-11(10)16-12/h2-9,13H2,1H3. The van der Waals surface area contributed by atoms with E-state index in [9.17, 15) is 0 Å². The Labute approximate surface area is 102 Å². The van der Waals surface area contributed by atoms with Crippen LogP contribution in [0.3, 0.4) is 0 Å². The van der Waals surface area contributed by atoms with Crippen LogP contribution in [-0.4, -0.2) is 29.5 Å². The zero-order chi connectivity index (χ0) is 11.4. The number of hydrogen-bond donors (Lipinski definition) is 1. The van der Waals surface area contributed by atoms with Crippen molar-refractivity contribution in [2.75, 3.05) is 19.6 Å². The molecule has 1 aromatic rings. The molecule has 0 unspecified atom stereocenters. The number of aromatic nitrogens is 1. The van der Waals surface area contributed by atoms with Crippen LogP contribution in [0.4, 0.5) is 0 Å². The van der Waals surface area contributed by atoms with E-state index in [1.54, 1.807) is 0 Å². The van der Waals surface area contributed by atoms with Crippen molar-refractivity contribution in [3.8, 4) is 0 Å². The molecule has 0 saturated carbocycles. The van der Waals surface area contributed by atoms with Gasteiger partial charge in [-0.15, -0.1) is 11.3 Å². The van der Waals surface area contributed by atoms with Gasteiger partial charge in [0.25, 0.3) is 0 Å². The highest BCUT2D eigenvalue weighted by Gasteiger charge is 2.19. The molecule has 1 aliphatic heterocycles. The number of nitrogens with zero attached hydrogens (tertiary/aromatic N) is 2. The van der Waals surface area contributed by atoms with Crippen molar-refractivity contribution >= 4 is 11.3 Å². The first-order valence-corrected chi connectivity index (χ1v) is 7.05. The van der Waals surface area contributed by atoms with E-state index < -0.39 is 0 Å². The lowest BCUT2D eigenvalue weighted by Gasteiger charge is -2.25. The highest BCUT2D eigenvalue weighted by Crippen LogP contribution is 2.25. The molecule has 4 heteroatoms. The number of nitrogens with two attached hydrogens (primary N) is 1. The van der Waals surface area contributed by atoms with Gasteiger partial charge in [-0.05, 0) is 32.4 Å². The van der Waals surface area contributed by atoms with Crippen LogP contribution in [0.25, 0.3) is 0 Å². The van der Waals surface area contributed by atoms with Crippen LogP contribution in [0.1, 0.15) is 35.3 Å². The SMILES string of the molecule is CCc1nc2c(s1)CN(CCCCN)CC2. The fourth-order valence-electron chi connectivity index (χ4n) is 2.12. The summed E-state index contributed by atoms with van der Waals surface area (Å²) in [5.74, 6) is 0. The van der Waals surface area contributed by atoms with Crippen LogP contribution >= 0.6 is 11.3 Å². The second-order valence-electron chi connectivity index (χ2n) is 4.35. The molecule has 1 aromatic heterocycles. The van der Waals surface area contributed by atoms with Crippen molar-refractivity contribution in [2.45, 2.75) is 39.2 Å². The summed E-state index contributed by atoms with van der Waals surface area (Å²) in [4.78, 5) is 8.71. The summed E-state index contributed by atoms with van der Waals surface area (Å²) >= 11 is 1.90. The lowest BCUT2D eigenvalue weighted by Crippen LogP contribution is -2.31. The van der Waals surface area contributed by atoms with Crippen molar-refractivity contribution in [1.82, 2.24) is 9.88 Å². The van der Waals surface area contributed by atoms with E-state index in [2.05, 4.69) is 16.8 Å². The highest BCUT2D eigenvalue weighted by atomic mass is 32.1. The summed E-state index contributed by atoms with van der Waals surface area (Å²) in [7, 11) is 0. The van der Waals surface area contributed by atoms with Gasteiger partial charge in [0.2, 0.25) is 0 Å². The molecule has 1 aliphatic rings. The molecule has 2 N–H and O–H groups in total. The lowest BCUT2D eigenvalue weighted by molar-refractivity contribution is 0.251. The first kappa shape index (κ1) is 12.0. The van der Waals surface area contributed by atoms with Gasteiger partial charge in [-0.25, -0.2) is 4.98 Å². The van der Waals surface area contributed by atoms with Crippen molar-refractivity contribution in [3.63, 3.8) is 0 Å². The Kier molecular flexibility index (Phi) is 4.32. The molecule has 0 spiro atoms. The molecule has 0 bridgehead atoms. The number of hydrogen-bond acceptors (Lipinski definition) is 4. The molecule has 16 heavy (non-hydrogen) atoms. The zero-order valence-electron chi connectivity index (χ0n) is 10.0. The smallest absolute Gasteiger partial charge is 0.0928 e. The summed E-state index contributed by atoms with van der Waals surface area (Å²) in [5, 5.41) is 1.30. The van der Waals surface area contributed by atoms with Gasteiger partial charge in [0.1, 0.15) is 0 Å². The number of fused-ring (bicyclic) bond motifs is 1. The Morgan fingerprint density at radius 1 is 1.44 bits per heavy atom.